The van der Waals surface area contributed by atoms with Gasteiger partial charge in [-0.3, -0.25) is 10.1 Å². The van der Waals surface area contributed by atoms with E-state index in [4.69, 9.17) is 16.3 Å². The van der Waals surface area contributed by atoms with Gasteiger partial charge in [-0.25, -0.2) is 0 Å². The maximum absolute atomic E-state index is 10.5. The Balaban J connectivity index is 2.28. The van der Waals surface area contributed by atoms with Crippen molar-refractivity contribution in [1.29, 1.82) is 0 Å². The van der Waals surface area contributed by atoms with Crippen molar-refractivity contribution >= 4 is 17.3 Å². The minimum absolute atomic E-state index is 0.0195. The molecule has 2 aromatic rings. The van der Waals surface area contributed by atoms with Crippen LogP contribution in [0.1, 0.15) is 5.56 Å². The second-order valence-corrected chi connectivity index (χ2v) is 4.15. The van der Waals surface area contributed by atoms with E-state index in [1.54, 1.807) is 18.2 Å². The van der Waals surface area contributed by atoms with Gasteiger partial charge >= 0.3 is 0 Å². The van der Waals surface area contributed by atoms with Crippen LogP contribution in [-0.2, 0) is 6.61 Å². The fourth-order valence-corrected chi connectivity index (χ4v) is 1.78. The molecule has 0 saturated carbocycles. The Morgan fingerprint density at radius 1 is 1.21 bits per heavy atom. The molecule has 0 aliphatic rings. The van der Waals surface area contributed by atoms with Crippen LogP contribution in [0.2, 0.25) is 5.02 Å². The van der Waals surface area contributed by atoms with Crippen LogP contribution >= 0.6 is 11.6 Å². The molecule has 19 heavy (non-hydrogen) atoms. The first-order valence-electron chi connectivity index (χ1n) is 5.42. The van der Waals surface area contributed by atoms with Gasteiger partial charge in [-0.15, -0.1) is 0 Å². The van der Waals surface area contributed by atoms with Gasteiger partial charge in [-0.05, 0) is 18.2 Å². The molecule has 0 heterocycles. The van der Waals surface area contributed by atoms with Crippen LogP contribution in [0, 0.1) is 10.1 Å². The number of para-hydroxylation sites is 1. The second kappa shape index (κ2) is 5.69. The van der Waals surface area contributed by atoms with Gasteiger partial charge in [0.25, 0.3) is 5.69 Å². The molecule has 5 nitrogen and oxygen atoms in total. The lowest BCUT2D eigenvalue weighted by atomic mass is 10.2. The van der Waals surface area contributed by atoms with Crippen LogP contribution in [0.4, 0.5) is 5.69 Å². The van der Waals surface area contributed by atoms with Crippen molar-refractivity contribution in [2.24, 2.45) is 0 Å². The highest BCUT2D eigenvalue weighted by Crippen LogP contribution is 2.33. The zero-order valence-corrected chi connectivity index (χ0v) is 10.5. The third kappa shape index (κ3) is 3.01. The quantitative estimate of drug-likeness (QED) is 0.686. The number of hydrogen-bond acceptors (Lipinski definition) is 4. The summed E-state index contributed by atoms with van der Waals surface area (Å²) < 4.78 is 5.55. The standard InChI is InChI=1S/C13H10ClNO4/c14-12-3-1-2-9(8-16)13(12)19-11-6-4-10(5-7-11)15(17)18/h1-7,16H,8H2. The van der Waals surface area contributed by atoms with E-state index in [2.05, 4.69) is 0 Å². The summed E-state index contributed by atoms with van der Waals surface area (Å²) in [7, 11) is 0. The van der Waals surface area contributed by atoms with E-state index in [1.807, 2.05) is 0 Å². The molecule has 0 aliphatic heterocycles. The Bertz CT molecular complexity index is 598. The van der Waals surface area contributed by atoms with Gasteiger partial charge in [0.1, 0.15) is 5.75 Å². The summed E-state index contributed by atoms with van der Waals surface area (Å²) in [6.45, 7) is -0.205. The van der Waals surface area contributed by atoms with Crippen LogP contribution in [0.15, 0.2) is 42.5 Å². The number of aliphatic hydroxyl groups is 1. The Morgan fingerprint density at radius 3 is 2.47 bits per heavy atom. The van der Waals surface area contributed by atoms with Crippen LogP contribution in [0.25, 0.3) is 0 Å². The number of benzene rings is 2. The van der Waals surface area contributed by atoms with Gasteiger partial charge in [0, 0.05) is 17.7 Å². The lowest BCUT2D eigenvalue weighted by Crippen LogP contribution is -1.93. The minimum Gasteiger partial charge on any atom is -0.455 e. The third-order valence-electron chi connectivity index (χ3n) is 2.49. The lowest BCUT2D eigenvalue weighted by molar-refractivity contribution is -0.384. The Kier molecular flexibility index (Phi) is 3.99. The molecule has 0 bridgehead atoms. The van der Waals surface area contributed by atoms with Gasteiger partial charge in [0.15, 0.2) is 5.75 Å². The summed E-state index contributed by atoms with van der Waals surface area (Å²) in [5, 5.41) is 20.1. The number of ether oxygens (including phenoxy) is 1. The van der Waals surface area contributed by atoms with E-state index in [9.17, 15) is 15.2 Å². The predicted molar refractivity (Wildman–Crippen MR) is 70.5 cm³/mol. The molecule has 0 spiro atoms. The molecule has 0 aromatic heterocycles. The number of aliphatic hydroxyl groups excluding tert-OH is 1. The number of rotatable bonds is 4. The highest BCUT2D eigenvalue weighted by atomic mass is 35.5. The highest BCUT2D eigenvalue weighted by molar-refractivity contribution is 6.32. The van der Waals surface area contributed by atoms with Crippen LogP contribution in [-0.4, -0.2) is 10.0 Å². The predicted octanol–water partition coefficient (Wildman–Crippen LogP) is 3.53. The molecular weight excluding hydrogens is 270 g/mol. The van der Waals surface area contributed by atoms with Crippen LogP contribution in [0.5, 0.6) is 11.5 Å². The first kappa shape index (κ1) is 13.3. The maximum atomic E-state index is 10.5. The van der Waals surface area contributed by atoms with Crippen molar-refractivity contribution in [3.63, 3.8) is 0 Å². The molecule has 0 radical (unpaired) electrons. The number of hydrogen-bond donors (Lipinski definition) is 1. The molecule has 0 unspecified atom stereocenters. The van der Waals surface area contributed by atoms with E-state index in [-0.39, 0.29) is 12.3 Å². The molecule has 6 heteroatoms. The first-order chi connectivity index (χ1) is 9.11. The smallest absolute Gasteiger partial charge is 0.269 e. The summed E-state index contributed by atoms with van der Waals surface area (Å²) in [5.74, 6) is 0.758. The molecule has 98 valence electrons. The van der Waals surface area contributed by atoms with Crippen molar-refractivity contribution in [3.05, 3.63) is 63.2 Å². The molecule has 0 amide bonds. The number of nitro groups is 1. The number of nitro benzene ring substituents is 1. The number of non-ortho nitro benzene ring substituents is 1. The maximum Gasteiger partial charge on any atom is 0.269 e. The van der Waals surface area contributed by atoms with Gasteiger partial charge < -0.3 is 9.84 Å². The van der Waals surface area contributed by atoms with Crippen molar-refractivity contribution in [1.82, 2.24) is 0 Å². The molecular formula is C13H10ClNO4. The summed E-state index contributed by atoms with van der Waals surface area (Å²) in [4.78, 5) is 10.0. The lowest BCUT2D eigenvalue weighted by Gasteiger charge is -2.11. The van der Waals surface area contributed by atoms with Crippen molar-refractivity contribution in [3.8, 4) is 11.5 Å². The van der Waals surface area contributed by atoms with Crippen LogP contribution in [0.3, 0.4) is 0 Å². The minimum atomic E-state index is -0.488. The Morgan fingerprint density at radius 2 is 1.89 bits per heavy atom. The van der Waals surface area contributed by atoms with Gasteiger partial charge in [-0.2, -0.15) is 0 Å². The Labute approximate surface area is 114 Å². The summed E-state index contributed by atoms with van der Waals surface area (Å²) in [6.07, 6.45) is 0. The van der Waals surface area contributed by atoms with E-state index in [0.717, 1.165) is 0 Å². The fourth-order valence-electron chi connectivity index (χ4n) is 1.55. The van der Waals surface area contributed by atoms with Gasteiger partial charge in [-0.1, -0.05) is 23.7 Å². The Hall–Kier alpha value is -2.11. The average Bonchev–Trinajstić information content (AvgIpc) is 2.41. The highest BCUT2D eigenvalue weighted by Gasteiger charge is 2.10. The second-order valence-electron chi connectivity index (χ2n) is 3.74. The molecule has 0 atom stereocenters. The molecule has 2 aromatic carbocycles. The average molecular weight is 280 g/mol. The van der Waals surface area contributed by atoms with E-state index in [1.165, 1.54) is 24.3 Å². The van der Waals surface area contributed by atoms with Crippen molar-refractivity contribution < 1.29 is 14.8 Å². The van der Waals surface area contributed by atoms with Crippen molar-refractivity contribution in [2.45, 2.75) is 6.61 Å². The molecule has 0 saturated heterocycles. The third-order valence-corrected chi connectivity index (χ3v) is 2.78. The zero-order chi connectivity index (χ0) is 13.8. The largest absolute Gasteiger partial charge is 0.455 e. The summed E-state index contributed by atoms with van der Waals surface area (Å²) in [5.41, 5.74) is 0.528. The monoisotopic (exact) mass is 279 g/mol. The van der Waals surface area contributed by atoms with Gasteiger partial charge in [0.05, 0.1) is 16.6 Å². The normalized spacial score (nSPS) is 10.2. The number of nitrogens with zero attached hydrogens (tertiary/aromatic N) is 1. The topological polar surface area (TPSA) is 72.6 Å². The summed E-state index contributed by atoms with van der Waals surface area (Å²) in [6, 6.07) is 10.7. The SMILES string of the molecule is O=[N+]([O-])c1ccc(Oc2c(Cl)cccc2CO)cc1. The van der Waals surface area contributed by atoms with Crippen molar-refractivity contribution in [2.75, 3.05) is 0 Å². The van der Waals surface area contributed by atoms with Gasteiger partial charge in [0.2, 0.25) is 0 Å². The first-order valence-corrected chi connectivity index (χ1v) is 5.80. The molecule has 0 aliphatic carbocycles. The van der Waals surface area contributed by atoms with E-state index < -0.39 is 4.92 Å². The van der Waals surface area contributed by atoms with Crippen LogP contribution < -0.4 is 4.74 Å². The van der Waals surface area contributed by atoms with E-state index in [0.29, 0.717) is 22.1 Å². The summed E-state index contributed by atoms with van der Waals surface area (Å²) >= 11 is 6.00. The molecule has 0 fully saturated rings. The molecule has 1 N–H and O–H groups in total. The zero-order valence-electron chi connectivity index (χ0n) is 9.75. The fraction of sp³-hybridized carbons (Fsp3) is 0.0769. The van der Waals surface area contributed by atoms with E-state index >= 15 is 0 Å². The number of halogens is 1. The molecule has 2 rings (SSSR count).